The highest BCUT2D eigenvalue weighted by Crippen LogP contribution is 2.39. The Morgan fingerprint density at radius 2 is 2.06 bits per heavy atom. The van der Waals surface area contributed by atoms with E-state index in [2.05, 4.69) is 6.07 Å². The second-order valence-corrected chi connectivity index (χ2v) is 5.37. The molecule has 2 unspecified atom stereocenters. The maximum Gasteiger partial charge on any atom is 0.122 e. The monoisotopic (exact) mass is 232 g/mol. The molecule has 0 bridgehead atoms. The number of para-hydroxylation sites is 1. The van der Waals surface area contributed by atoms with Gasteiger partial charge in [-0.05, 0) is 36.8 Å². The van der Waals surface area contributed by atoms with Crippen molar-refractivity contribution in [2.24, 2.45) is 5.92 Å². The first kappa shape index (κ1) is 11.1. The molecule has 2 heteroatoms. The Balaban J connectivity index is 1.69. The van der Waals surface area contributed by atoms with Crippen molar-refractivity contribution in [1.82, 2.24) is 0 Å². The van der Waals surface area contributed by atoms with Gasteiger partial charge in [0, 0.05) is 5.92 Å². The molecular formula is C15H20O2. The molecule has 1 aromatic carbocycles. The number of hydrogen-bond donors (Lipinski definition) is 1. The highest BCUT2D eigenvalue weighted by Gasteiger charge is 2.29. The minimum atomic E-state index is -0.194. The molecular weight excluding hydrogens is 212 g/mol. The van der Waals surface area contributed by atoms with E-state index in [4.69, 9.17) is 4.74 Å². The first-order valence-electron chi connectivity index (χ1n) is 6.74. The van der Waals surface area contributed by atoms with Crippen molar-refractivity contribution in [2.45, 2.75) is 44.1 Å². The van der Waals surface area contributed by atoms with Gasteiger partial charge in [-0.3, -0.25) is 0 Å². The molecule has 2 atom stereocenters. The molecule has 0 aromatic heterocycles. The molecule has 0 saturated heterocycles. The van der Waals surface area contributed by atoms with Crippen LogP contribution in [-0.4, -0.2) is 17.8 Å². The number of benzene rings is 1. The maximum absolute atomic E-state index is 10.3. The fourth-order valence-electron chi connectivity index (χ4n) is 2.78. The van der Waals surface area contributed by atoms with Crippen LogP contribution in [0.2, 0.25) is 0 Å². The van der Waals surface area contributed by atoms with Gasteiger partial charge in [0.05, 0.1) is 12.7 Å². The summed E-state index contributed by atoms with van der Waals surface area (Å²) in [4.78, 5) is 0. The molecule has 1 fully saturated rings. The second kappa shape index (κ2) is 4.69. The molecule has 92 valence electrons. The topological polar surface area (TPSA) is 29.5 Å². The summed E-state index contributed by atoms with van der Waals surface area (Å²) in [5.41, 5.74) is 1.20. The van der Waals surface area contributed by atoms with E-state index in [0.29, 0.717) is 0 Å². The van der Waals surface area contributed by atoms with Gasteiger partial charge in [0.15, 0.2) is 0 Å². The molecule has 1 heterocycles. The molecule has 2 aliphatic rings. The van der Waals surface area contributed by atoms with Crippen LogP contribution in [0.4, 0.5) is 0 Å². The highest BCUT2D eigenvalue weighted by atomic mass is 16.5. The third kappa shape index (κ3) is 2.47. The number of aliphatic hydroxyl groups is 1. The Labute approximate surface area is 103 Å². The first-order chi connectivity index (χ1) is 8.34. The van der Waals surface area contributed by atoms with Crippen LogP contribution in [0.5, 0.6) is 5.75 Å². The fourth-order valence-corrected chi connectivity index (χ4v) is 2.78. The lowest BCUT2D eigenvalue weighted by Gasteiger charge is -2.29. The molecule has 0 spiro atoms. The summed E-state index contributed by atoms with van der Waals surface area (Å²) >= 11 is 0. The summed E-state index contributed by atoms with van der Waals surface area (Å²) in [7, 11) is 0. The summed E-state index contributed by atoms with van der Waals surface area (Å²) < 4.78 is 5.63. The molecule has 1 aliphatic heterocycles. The molecule has 1 saturated carbocycles. The smallest absolute Gasteiger partial charge is 0.122 e. The van der Waals surface area contributed by atoms with E-state index in [0.717, 1.165) is 31.1 Å². The number of hydrogen-bond acceptors (Lipinski definition) is 2. The normalized spacial score (nSPS) is 24.9. The van der Waals surface area contributed by atoms with Crippen molar-refractivity contribution in [1.29, 1.82) is 0 Å². The van der Waals surface area contributed by atoms with Crippen molar-refractivity contribution in [3.63, 3.8) is 0 Å². The number of fused-ring (bicyclic) bond motifs is 1. The van der Waals surface area contributed by atoms with Crippen LogP contribution >= 0.6 is 0 Å². The number of ether oxygens (including phenoxy) is 1. The molecule has 2 nitrogen and oxygen atoms in total. The van der Waals surface area contributed by atoms with E-state index in [-0.39, 0.29) is 12.0 Å². The second-order valence-electron chi connectivity index (χ2n) is 5.37. The van der Waals surface area contributed by atoms with Crippen molar-refractivity contribution in [3.05, 3.63) is 29.8 Å². The zero-order valence-corrected chi connectivity index (χ0v) is 10.1. The average molecular weight is 232 g/mol. The molecule has 17 heavy (non-hydrogen) atoms. The lowest BCUT2D eigenvalue weighted by atomic mass is 9.86. The molecule has 3 rings (SSSR count). The predicted molar refractivity (Wildman–Crippen MR) is 67.3 cm³/mol. The lowest BCUT2D eigenvalue weighted by molar-refractivity contribution is 0.105. The van der Waals surface area contributed by atoms with Crippen molar-refractivity contribution in [3.8, 4) is 5.75 Å². The maximum atomic E-state index is 10.3. The first-order valence-corrected chi connectivity index (χ1v) is 6.74. The Morgan fingerprint density at radius 3 is 2.88 bits per heavy atom. The van der Waals surface area contributed by atoms with Crippen LogP contribution in [0, 0.1) is 5.92 Å². The van der Waals surface area contributed by atoms with Crippen molar-refractivity contribution in [2.75, 3.05) is 6.61 Å². The van der Waals surface area contributed by atoms with Gasteiger partial charge in [-0.1, -0.05) is 31.0 Å². The summed E-state index contributed by atoms with van der Waals surface area (Å²) in [6.45, 7) is 0.738. The van der Waals surface area contributed by atoms with Crippen LogP contribution in [0.3, 0.4) is 0 Å². The minimum Gasteiger partial charge on any atom is -0.493 e. The number of aliphatic hydroxyl groups excluding tert-OH is 1. The van der Waals surface area contributed by atoms with E-state index in [1.54, 1.807) is 0 Å². The van der Waals surface area contributed by atoms with E-state index >= 15 is 0 Å². The summed E-state index contributed by atoms with van der Waals surface area (Å²) in [5.74, 6) is 2.15. The molecule has 0 radical (unpaired) electrons. The standard InChI is InChI=1S/C15H20O2/c16-14(8-7-11-5-6-11)12-9-10-17-15-4-2-1-3-13(12)15/h1-4,11-12,14,16H,5-10H2. The van der Waals surface area contributed by atoms with Crippen LogP contribution < -0.4 is 4.74 Å². The third-order valence-electron chi connectivity index (χ3n) is 4.04. The predicted octanol–water partition coefficient (Wildman–Crippen LogP) is 3.10. The zero-order valence-electron chi connectivity index (χ0n) is 10.1. The lowest BCUT2D eigenvalue weighted by Crippen LogP contribution is -2.25. The van der Waals surface area contributed by atoms with E-state index in [9.17, 15) is 5.11 Å². The highest BCUT2D eigenvalue weighted by molar-refractivity contribution is 5.38. The molecule has 1 aromatic rings. The quantitative estimate of drug-likeness (QED) is 0.864. The van der Waals surface area contributed by atoms with Gasteiger partial charge in [0.2, 0.25) is 0 Å². The Bertz CT molecular complexity index is 384. The van der Waals surface area contributed by atoms with Gasteiger partial charge in [0.1, 0.15) is 5.75 Å². The summed E-state index contributed by atoms with van der Waals surface area (Å²) in [6.07, 6.45) is 5.64. The third-order valence-corrected chi connectivity index (χ3v) is 4.04. The summed E-state index contributed by atoms with van der Waals surface area (Å²) in [5, 5.41) is 10.3. The van der Waals surface area contributed by atoms with Gasteiger partial charge in [-0.15, -0.1) is 0 Å². The molecule has 1 aliphatic carbocycles. The average Bonchev–Trinajstić information content (AvgIpc) is 3.19. The van der Waals surface area contributed by atoms with E-state index in [1.165, 1.54) is 24.8 Å². The largest absolute Gasteiger partial charge is 0.493 e. The van der Waals surface area contributed by atoms with Crippen LogP contribution in [0.25, 0.3) is 0 Å². The summed E-state index contributed by atoms with van der Waals surface area (Å²) in [6, 6.07) is 8.14. The zero-order chi connectivity index (χ0) is 11.7. The van der Waals surface area contributed by atoms with Gasteiger partial charge in [0.25, 0.3) is 0 Å². The minimum absolute atomic E-state index is 0.194. The van der Waals surface area contributed by atoms with Gasteiger partial charge in [-0.2, -0.15) is 0 Å². The SMILES string of the molecule is OC(CCC1CC1)C1CCOc2ccccc21. The van der Waals surface area contributed by atoms with Gasteiger partial charge >= 0.3 is 0 Å². The molecule has 0 amide bonds. The van der Waals surface area contributed by atoms with Crippen LogP contribution in [0.15, 0.2) is 24.3 Å². The Morgan fingerprint density at radius 1 is 1.24 bits per heavy atom. The Hall–Kier alpha value is -1.02. The van der Waals surface area contributed by atoms with E-state index < -0.39 is 0 Å². The van der Waals surface area contributed by atoms with Gasteiger partial charge in [-0.25, -0.2) is 0 Å². The van der Waals surface area contributed by atoms with Crippen LogP contribution in [0.1, 0.15) is 43.6 Å². The number of rotatable bonds is 4. The van der Waals surface area contributed by atoms with Crippen molar-refractivity contribution < 1.29 is 9.84 Å². The molecule has 1 N–H and O–H groups in total. The fraction of sp³-hybridized carbons (Fsp3) is 0.600. The van der Waals surface area contributed by atoms with Crippen LogP contribution in [-0.2, 0) is 0 Å². The van der Waals surface area contributed by atoms with E-state index in [1.807, 2.05) is 18.2 Å². The Kier molecular flexibility index (Phi) is 3.06. The van der Waals surface area contributed by atoms with Crippen molar-refractivity contribution >= 4 is 0 Å². The van der Waals surface area contributed by atoms with Gasteiger partial charge < -0.3 is 9.84 Å².